The van der Waals surface area contributed by atoms with Crippen molar-refractivity contribution in [2.75, 3.05) is 4.90 Å². The van der Waals surface area contributed by atoms with Crippen molar-refractivity contribution in [2.45, 2.75) is 51.1 Å². The first kappa shape index (κ1) is 21.3. The number of hydrogen-bond donors (Lipinski definition) is 2. The zero-order valence-electron chi connectivity index (χ0n) is 18.1. The van der Waals surface area contributed by atoms with Crippen molar-refractivity contribution in [3.8, 4) is 11.5 Å². The van der Waals surface area contributed by atoms with E-state index in [1.165, 1.54) is 10.6 Å². The first-order valence-corrected chi connectivity index (χ1v) is 10.5. The predicted octanol–water partition coefficient (Wildman–Crippen LogP) is 3.24. The van der Waals surface area contributed by atoms with Crippen LogP contribution in [0.1, 0.15) is 38.1 Å². The molecule has 12 heteroatoms. The number of nitrogens with zero attached hydrogens (tertiary/aromatic N) is 7. The van der Waals surface area contributed by atoms with E-state index in [9.17, 15) is 13.2 Å². The second-order valence-electron chi connectivity index (χ2n) is 8.23. The van der Waals surface area contributed by atoms with E-state index >= 15 is 0 Å². The first-order chi connectivity index (χ1) is 15.7. The third kappa shape index (κ3) is 3.69. The van der Waals surface area contributed by atoms with E-state index in [1.807, 2.05) is 12.3 Å². The van der Waals surface area contributed by atoms with Gasteiger partial charge in [0.05, 0.1) is 24.6 Å². The maximum Gasteiger partial charge on any atom is 0.434 e. The molecular weight excluding hydrogens is 435 g/mol. The number of halogens is 3. The van der Waals surface area contributed by atoms with Crippen molar-refractivity contribution in [3.05, 3.63) is 54.5 Å². The Morgan fingerprint density at radius 2 is 1.82 bits per heavy atom. The highest BCUT2D eigenvalue weighted by Crippen LogP contribution is 2.33. The fourth-order valence-electron chi connectivity index (χ4n) is 4.37. The maximum absolute atomic E-state index is 13.2. The lowest BCUT2D eigenvalue weighted by molar-refractivity contribution is -0.141. The normalized spacial score (nSPS) is 23.9. The minimum atomic E-state index is -4.57. The number of rotatable bonds is 3. The third-order valence-corrected chi connectivity index (χ3v) is 6.23. The van der Waals surface area contributed by atoms with Crippen LogP contribution in [0.15, 0.2) is 43.2 Å². The lowest BCUT2D eigenvalue weighted by atomic mass is 9.93. The average molecular weight is 457 g/mol. The van der Waals surface area contributed by atoms with Crippen LogP contribution >= 0.6 is 0 Å². The highest BCUT2D eigenvalue weighted by atomic mass is 19.4. The summed E-state index contributed by atoms with van der Waals surface area (Å²) in [5.41, 5.74) is 0.667. The number of nitrogens with one attached hydrogen (secondary N) is 2. The minimum Gasteiger partial charge on any atom is -0.348 e. The summed E-state index contributed by atoms with van der Waals surface area (Å²) in [5.74, 6) is 0.965. The van der Waals surface area contributed by atoms with Gasteiger partial charge >= 0.3 is 6.18 Å². The Morgan fingerprint density at radius 3 is 2.55 bits per heavy atom. The number of anilines is 1. The Morgan fingerprint density at radius 1 is 1.00 bits per heavy atom. The van der Waals surface area contributed by atoms with Crippen LogP contribution in [0.2, 0.25) is 0 Å². The third-order valence-electron chi connectivity index (χ3n) is 6.23. The molecule has 1 aliphatic rings. The molecule has 9 nitrogen and oxygen atoms in total. The Kier molecular flexibility index (Phi) is 5.04. The number of aromatic amines is 1. The molecule has 0 bridgehead atoms. The number of aromatic nitrogens is 7. The molecule has 4 aromatic heterocycles. The highest BCUT2D eigenvalue weighted by molar-refractivity contribution is 5.59. The average Bonchev–Trinajstić information content (AvgIpc) is 3.46. The second-order valence-corrected chi connectivity index (χ2v) is 8.23. The molecule has 5 rings (SSSR count). The zero-order valence-corrected chi connectivity index (χ0v) is 18.1. The van der Waals surface area contributed by atoms with Crippen LogP contribution < -0.4 is 10.2 Å². The fraction of sp³-hybridized carbons (Fsp3) is 0.381. The summed E-state index contributed by atoms with van der Waals surface area (Å²) in [6.07, 6.45) is 4.17. The van der Waals surface area contributed by atoms with E-state index in [-0.39, 0.29) is 35.6 Å². The van der Waals surface area contributed by atoms with Gasteiger partial charge in [0.15, 0.2) is 17.2 Å². The largest absolute Gasteiger partial charge is 0.434 e. The quantitative estimate of drug-likeness (QED) is 0.487. The highest BCUT2D eigenvalue weighted by Gasteiger charge is 2.38. The Bertz CT molecular complexity index is 1270. The maximum atomic E-state index is 13.2. The SMILES string of the molecule is CC1NC(c2cn[nH]c2)C(C)N(c2ccnc(-c3cnc4cnc(C(F)(F)F)cn34)n2)C1C. The van der Waals surface area contributed by atoms with Crippen LogP contribution in [0.4, 0.5) is 19.0 Å². The molecule has 33 heavy (non-hydrogen) atoms. The molecule has 0 amide bonds. The smallest absolute Gasteiger partial charge is 0.348 e. The van der Waals surface area contributed by atoms with Crippen molar-refractivity contribution >= 4 is 11.5 Å². The van der Waals surface area contributed by atoms with Gasteiger partial charge in [0.2, 0.25) is 0 Å². The van der Waals surface area contributed by atoms with Gasteiger partial charge in [-0.15, -0.1) is 0 Å². The molecule has 0 saturated carbocycles. The molecule has 0 radical (unpaired) electrons. The van der Waals surface area contributed by atoms with Crippen molar-refractivity contribution in [1.82, 2.24) is 39.9 Å². The molecule has 4 aromatic rings. The number of alkyl halides is 3. The zero-order chi connectivity index (χ0) is 23.3. The molecule has 0 spiro atoms. The van der Waals surface area contributed by atoms with Gasteiger partial charge in [-0.05, 0) is 26.8 Å². The number of H-pyrrole nitrogens is 1. The van der Waals surface area contributed by atoms with Crippen LogP contribution in [-0.4, -0.2) is 52.7 Å². The summed E-state index contributed by atoms with van der Waals surface area (Å²) < 4.78 is 40.9. The van der Waals surface area contributed by atoms with Gasteiger partial charge in [0, 0.05) is 42.3 Å². The van der Waals surface area contributed by atoms with Crippen molar-refractivity contribution < 1.29 is 13.2 Å². The Hall–Kier alpha value is -3.54. The van der Waals surface area contributed by atoms with E-state index in [4.69, 9.17) is 4.98 Å². The molecule has 1 saturated heterocycles. The summed E-state index contributed by atoms with van der Waals surface area (Å²) in [7, 11) is 0. The van der Waals surface area contributed by atoms with Gasteiger partial charge < -0.3 is 10.2 Å². The number of imidazole rings is 1. The summed E-state index contributed by atoms with van der Waals surface area (Å²) in [6.45, 7) is 6.32. The van der Waals surface area contributed by atoms with E-state index < -0.39 is 11.9 Å². The lowest BCUT2D eigenvalue weighted by Crippen LogP contribution is -2.61. The predicted molar refractivity (Wildman–Crippen MR) is 114 cm³/mol. The van der Waals surface area contributed by atoms with Crippen LogP contribution in [0.5, 0.6) is 0 Å². The molecule has 2 N–H and O–H groups in total. The van der Waals surface area contributed by atoms with Crippen LogP contribution in [-0.2, 0) is 6.18 Å². The van der Waals surface area contributed by atoms with Crippen LogP contribution in [0.3, 0.4) is 0 Å². The van der Waals surface area contributed by atoms with Gasteiger partial charge in [0.25, 0.3) is 0 Å². The summed E-state index contributed by atoms with van der Waals surface area (Å²) in [6, 6.07) is 2.11. The Labute approximate surface area is 187 Å². The summed E-state index contributed by atoms with van der Waals surface area (Å²) in [4.78, 5) is 18.9. The van der Waals surface area contributed by atoms with E-state index in [0.29, 0.717) is 11.5 Å². The number of hydrogen-bond acceptors (Lipinski definition) is 7. The molecule has 1 aliphatic heterocycles. The fourth-order valence-corrected chi connectivity index (χ4v) is 4.37. The molecule has 5 heterocycles. The number of fused-ring (bicyclic) bond motifs is 1. The lowest BCUT2D eigenvalue weighted by Gasteiger charge is -2.48. The van der Waals surface area contributed by atoms with Crippen molar-refractivity contribution in [3.63, 3.8) is 0 Å². The molecule has 4 atom stereocenters. The first-order valence-electron chi connectivity index (χ1n) is 10.5. The van der Waals surface area contributed by atoms with Gasteiger partial charge in [-0.25, -0.2) is 19.9 Å². The summed E-state index contributed by atoms with van der Waals surface area (Å²) >= 11 is 0. The Balaban J connectivity index is 1.55. The number of piperazine rings is 1. The molecule has 4 unspecified atom stereocenters. The topological polar surface area (TPSA) is 99.9 Å². The van der Waals surface area contributed by atoms with Crippen molar-refractivity contribution in [1.29, 1.82) is 0 Å². The summed E-state index contributed by atoms with van der Waals surface area (Å²) in [5, 5.41) is 10.6. The van der Waals surface area contributed by atoms with Crippen LogP contribution in [0, 0.1) is 0 Å². The minimum absolute atomic E-state index is 0.0181. The second kappa shape index (κ2) is 7.80. The molecule has 0 aromatic carbocycles. The molecule has 1 fully saturated rings. The monoisotopic (exact) mass is 457 g/mol. The van der Waals surface area contributed by atoms with Crippen molar-refractivity contribution in [2.24, 2.45) is 0 Å². The van der Waals surface area contributed by atoms with E-state index in [2.05, 4.69) is 56.1 Å². The van der Waals surface area contributed by atoms with E-state index in [1.54, 1.807) is 12.4 Å². The molecule has 0 aliphatic carbocycles. The van der Waals surface area contributed by atoms with Gasteiger partial charge in [0.1, 0.15) is 11.5 Å². The standard InChI is InChI=1S/C21H22F3N9/c1-11-12(2)33(13(3)19(30-11)14-6-28-29-7-14)17-4-5-25-20(31-17)15-8-27-18-9-26-16(10-32(15)18)21(22,23)24/h4-13,19,30H,1-3H3,(H,28,29). The van der Waals surface area contributed by atoms with E-state index in [0.717, 1.165) is 18.0 Å². The van der Waals surface area contributed by atoms with Gasteiger partial charge in [-0.2, -0.15) is 18.3 Å². The molecular formula is C21H22F3N9. The van der Waals surface area contributed by atoms with Gasteiger partial charge in [-0.1, -0.05) is 0 Å². The van der Waals surface area contributed by atoms with Gasteiger partial charge in [-0.3, -0.25) is 9.50 Å². The van der Waals surface area contributed by atoms with Crippen LogP contribution in [0.25, 0.3) is 17.2 Å². The molecule has 172 valence electrons.